The Balaban J connectivity index is 1.94. The van der Waals surface area contributed by atoms with Gasteiger partial charge in [0.1, 0.15) is 5.75 Å². The molecule has 0 unspecified atom stereocenters. The maximum atomic E-state index is 9.97. The molecule has 3 rings (SSSR count). The maximum Gasteiger partial charge on any atom is 0.216 e. The van der Waals surface area contributed by atoms with Gasteiger partial charge in [-0.1, -0.05) is 15.9 Å². The van der Waals surface area contributed by atoms with Crippen molar-refractivity contribution in [3.05, 3.63) is 57.3 Å². The number of hydrogen-bond acceptors (Lipinski definition) is 5. The Kier molecular flexibility index (Phi) is 6.08. The Morgan fingerprint density at radius 3 is 2.59 bits per heavy atom. The summed E-state index contributed by atoms with van der Waals surface area (Å²) in [7, 11) is 0. The number of nitrogens with zero attached hydrogens (tertiary/aromatic N) is 4. The number of rotatable bonds is 6. The molecule has 0 atom stereocenters. The lowest BCUT2D eigenvalue weighted by Crippen LogP contribution is -2.21. The van der Waals surface area contributed by atoms with Crippen LogP contribution in [-0.4, -0.2) is 39.3 Å². The predicted molar refractivity (Wildman–Crippen MR) is 115 cm³/mol. The molecule has 0 aliphatic carbocycles. The number of anilines is 1. The number of H-pyrrole nitrogens is 1. The number of aromatic amines is 1. The summed E-state index contributed by atoms with van der Waals surface area (Å²) in [5.74, 6) is 0.749. The molecule has 8 heteroatoms. The molecule has 0 amide bonds. The van der Waals surface area contributed by atoms with Crippen molar-refractivity contribution in [2.45, 2.75) is 13.8 Å². The van der Waals surface area contributed by atoms with E-state index < -0.39 is 0 Å². The summed E-state index contributed by atoms with van der Waals surface area (Å²) in [4.78, 5) is 2.27. The van der Waals surface area contributed by atoms with Crippen molar-refractivity contribution in [1.29, 1.82) is 0 Å². The molecule has 2 aromatic carbocycles. The second-order valence-corrected chi connectivity index (χ2v) is 7.13. The van der Waals surface area contributed by atoms with Gasteiger partial charge in [0.05, 0.1) is 6.21 Å². The van der Waals surface area contributed by atoms with Crippen molar-refractivity contribution in [3.8, 4) is 17.1 Å². The Hall–Kier alpha value is -2.45. The SMILES string of the molecule is CCN(CC)c1ccc(-c2n[nH]c(=S)n2N=Cc2cc(Br)ccc2O)cc1. The first-order chi connectivity index (χ1) is 13.0. The van der Waals surface area contributed by atoms with Gasteiger partial charge in [-0.3, -0.25) is 0 Å². The Morgan fingerprint density at radius 1 is 1.22 bits per heavy atom. The van der Waals surface area contributed by atoms with Crippen molar-refractivity contribution >= 4 is 40.0 Å². The largest absolute Gasteiger partial charge is 0.507 e. The molecule has 0 radical (unpaired) electrons. The summed E-state index contributed by atoms with van der Waals surface area (Å²) in [5, 5.41) is 21.5. The smallest absolute Gasteiger partial charge is 0.216 e. The van der Waals surface area contributed by atoms with Gasteiger partial charge >= 0.3 is 0 Å². The van der Waals surface area contributed by atoms with Crippen LogP contribution in [0.1, 0.15) is 19.4 Å². The Labute approximate surface area is 171 Å². The zero-order valence-corrected chi connectivity index (χ0v) is 17.5. The van der Waals surface area contributed by atoms with Crippen LogP contribution >= 0.6 is 28.1 Å². The van der Waals surface area contributed by atoms with E-state index in [0.29, 0.717) is 16.2 Å². The van der Waals surface area contributed by atoms with Gasteiger partial charge < -0.3 is 10.0 Å². The van der Waals surface area contributed by atoms with E-state index in [-0.39, 0.29) is 5.75 Å². The fraction of sp³-hybridized carbons (Fsp3) is 0.211. The lowest BCUT2D eigenvalue weighted by molar-refractivity contribution is 0.474. The number of benzene rings is 2. The van der Waals surface area contributed by atoms with E-state index in [1.165, 1.54) is 0 Å². The van der Waals surface area contributed by atoms with Crippen LogP contribution in [0.15, 0.2) is 52.0 Å². The maximum absolute atomic E-state index is 9.97. The predicted octanol–water partition coefficient (Wildman–Crippen LogP) is 4.80. The fourth-order valence-electron chi connectivity index (χ4n) is 2.74. The van der Waals surface area contributed by atoms with Gasteiger partial charge in [-0.2, -0.15) is 14.9 Å². The summed E-state index contributed by atoms with van der Waals surface area (Å²) >= 11 is 8.69. The third-order valence-corrected chi connectivity index (χ3v) is 4.96. The number of nitrogens with one attached hydrogen (secondary N) is 1. The Bertz CT molecular complexity index is 1010. The lowest BCUT2D eigenvalue weighted by atomic mass is 10.2. The molecule has 1 aromatic heterocycles. The van der Waals surface area contributed by atoms with Gasteiger partial charge in [0, 0.05) is 34.4 Å². The quantitative estimate of drug-likeness (QED) is 0.422. The second kappa shape index (κ2) is 8.49. The van der Waals surface area contributed by atoms with E-state index in [0.717, 1.165) is 28.8 Å². The molecule has 2 N–H and O–H groups in total. The average Bonchev–Trinajstić information content (AvgIpc) is 3.04. The van der Waals surface area contributed by atoms with Gasteiger partial charge in [0.25, 0.3) is 0 Å². The van der Waals surface area contributed by atoms with Crippen LogP contribution in [0.2, 0.25) is 0 Å². The highest BCUT2D eigenvalue weighted by Crippen LogP contribution is 2.23. The molecular weight excluding hydrogens is 426 g/mol. The van der Waals surface area contributed by atoms with Crippen LogP contribution in [-0.2, 0) is 0 Å². The summed E-state index contributed by atoms with van der Waals surface area (Å²) in [6.45, 7) is 6.17. The summed E-state index contributed by atoms with van der Waals surface area (Å²) in [5.41, 5.74) is 2.64. The number of aromatic hydroxyl groups is 1. The van der Waals surface area contributed by atoms with E-state index in [2.05, 4.69) is 62.1 Å². The van der Waals surface area contributed by atoms with E-state index in [9.17, 15) is 5.11 Å². The third-order valence-electron chi connectivity index (χ3n) is 4.21. The third kappa shape index (κ3) is 4.28. The minimum absolute atomic E-state index is 0.141. The van der Waals surface area contributed by atoms with Crippen LogP contribution in [0, 0.1) is 4.77 Å². The summed E-state index contributed by atoms with van der Waals surface area (Å²) < 4.78 is 2.77. The fourth-order valence-corrected chi connectivity index (χ4v) is 3.30. The number of hydrogen-bond donors (Lipinski definition) is 2. The second-order valence-electron chi connectivity index (χ2n) is 5.83. The molecule has 0 fully saturated rings. The molecule has 140 valence electrons. The molecule has 0 bridgehead atoms. The summed E-state index contributed by atoms with van der Waals surface area (Å²) in [6.07, 6.45) is 1.55. The van der Waals surface area contributed by atoms with Gasteiger partial charge in [-0.25, -0.2) is 5.10 Å². The zero-order valence-electron chi connectivity index (χ0n) is 15.1. The van der Waals surface area contributed by atoms with E-state index in [4.69, 9.17) is 12.2 Å². The van der Waals surface area contributed by atoms with E-state index in [1.54, 1.807) is 29.1 Å². The number of aromatic nitrogens is 3. The molecule has 27 heavy (non-hydrogen) atoms. The first-order valence-corrected chi connectivity index (χ1v) is 9.79. The highest BCUT2D eigenvalue weighted by atomic mass is 79.9. The number of phenolic OH excluding ortho intramolecular Hbond substituents is 1. The first-order valence-electron chi connectivity index (χ1n) is 8.59. The molecule has 1 heterocycles. The Morgan fingerprint density at radius 2 is 1.93 bits per heavy atom. The summed E-state index contributed by atoms with van der Waals surface area (Å²) in [6, 6.07) is 13.3. The molecule has 0 aliphatic heterocycles. The van der Waals surface area contributed by atoms with E-state index >= 15 is 0 Å². The standard InChI is InChI=1S/C19H20BrN5OS/c1-3-24(4-2)16-8-5-13(6-9-16)18-22-23-19(27)25(18)21-12-14-11-15(20)7-10-17(14)26/h5-12,26H,3-4H2,1-2H3,(H,23,27). The highest BCUT2D eigenvalue weighted by molar-refractivity contribution is 9.10. The van der Waals surface area contributed by atoms with Crippen molar-refractivity contribution < 1.29 is 5.11 Å². The van der Waals surface area contributed by atoms with Crippen molar-refractivity contribution in [3.63, 3.8) is 0 Å². The van der Waals surface area contributed by atoms with Crippen LogP contribution in [0.4, 0.5) is 5.69 Å². The van der Waals surface area contributed by atoms with Crippen LogP contribution in [0.5, 0.6) is 5.75 Å². The lowest BCUT2D eigenvalue weighted by Gasteiger charge is -2.20. The average molecular weight is 446 g/mol. The van der Waals surface area contributed by atoms with Gasteiger partial charge in [-0.15, -0.1) is 0 Å². The van der Waals surface area contributed by atoms with Crippen LogP contribution in [0.3, 0.4) is 0 Å². The molecule has 6 nitrogen and oxygen atoms in total. The van der Waals surface area contributed by atoms with Crippen molar-refractivity contribution in [2.75, 3.05) is 18.0 Å². The zero-order chi connectivity index (χ0) is 19.4. The van der Waals surface area contributed by atoms with Crippen LogP contribution in [0.25, 0.3) is 11.4 Å². The van der Waals surface area contributed by atoms with Crippen molar-refractivity contribution in [2.24, 2.45) is 5.10 Å². The van der Waals surface area contributed by atoms with Gasteiger partial charge in [0.15, 0.2) is 5.82 Å². The van der Waals surface area contributed by atoms with Crippen molar-refractivity contribution in [1.82, 2.24) is 14.9 Å². The van der Waals surface area contributed by atoms with Gasteiger partial charge in [0.2, 0.25) is 4.77 Å². The minimum atomic E-state index is 0.141. The molecule has 3 aromatic rings. The molecule has 0 spiro atoms. The molecule has 0 aliphatic rings. The monoisotopic (exact) mass is 445 g/mol. The first kappa shape index (κ1) is 19.3. The topological polar surface area (TPSA) is 69.4 Å². The minimum Gasteiger partial charge on any atom is -0.507 e. The number of phenols is 1. The normalized spacial score (nSPS) is 11.2. The van der Waals surface area contributed by atoms with Gasteiger partial charge in [-0.05, 0) is 68.5 Å². The van der Waals surface area contributed by atoms with Crippen LogP contribution < -0.4 is 4.90 Å². The number of halogens is 1. The molecule has 0 saturated heterocycles. The molecule has 0 saturated carbocycles. The van der Waals surface area contributed by atoms with E-state index in [1.807, 2.05) is 12.1 Å². The highest BCUT2D eigenvalue weighted by Gasteiger charge is 2.10. The molecular formula is C19H20BrN5OS.